The van der Waals surface area contributed by atoms with Gasteiger partial charge in [0.05, 0.1) is 10.6 Å². The zero-order valence-electron chi connectivity index (χ0n) is 7.22. The molecule has 74 valence electrons. The first-order valence-corrected chi connectivity index (χ1v) is 4.07. The second-order valence-corrected chi connectivity index (χ2v) is 2.97. The van der Waals surface area contributed by atoms with Crippen molar-refractivity contribution >= 4 is 11.6 Å². The van der Waals surface area contributed by atoms with Crippen LogP contribution in [0.4, 0.5) is 8.78 Å². The lowest BCUT2D eigenvalue weighted by molar-refractivity contribution is -0.0498. The van der Waals surface area contributed by atoms with Crippen molar-refractivity contribution in [3.8, 4) is 11.8 Å². The van der Waals surface area contributed by atoms with Gasteiger partial charge in [0.1, 0.15) is 11.8 Å². The summed E-state index contributed by atoms with van der Waals surface area (Å²) in [5.74, 6) is -0.0570. The third-order valence-electron chi connectivity index (χ3n) is 1.57. The fraction of sp³-hybridized carbons (Fsp3) is 0.222. The molecule has 0 unspecified atom stereocenters. The van der Waals surface area contributed by atoms with E-state index in [-0.39, 0.29) is 16.3 Å². The summed E-state index contributed by atoms with van der Waals surface area (Å²) in [5, 5.41) is 8.88. The van der Waals surface area contributed by atoms with E-state index in [1.54, 1.807) is 13.0 Å². The van der Waals surface area contributed by atoms with Gasteiger partial charge in [0, 0.05) is 0 Å². The Morgan fingerprint density at radius 2 is 2.14 bits per heavy atom. The minimum atomic E-state index is -2.90. The van der Waals surface area contributed by atoms with Crippen LogP contribution in [0.25, 0.3) is 0 Å². The van der Waals surface area contributed by atoms with Gasteiger partial charge in [-0.05, 0) is 24.6 Å². The Balaban J connectivity index is 3.11. The molecule has 14 heavy (non-hydrogen) atoms. The van der Waals surface area contributed by atoms with Gasteiger partial charge in [-0.1, -0.05) is 11.6 Å². The van der Waals surface area contributed by atoms with Crippen molar-refractivity contribution in [1.29, 1.82) is 5.26 Å². The summed E-state index contributed by atoms with van der Waals surface area (Å²) in [7, 11) is 0. The smallest absolute Gasteiger partial charge is 0.387 e. The van der Waals surface area contributed by atoms with Gasteiger partial charge < -0.3 is 4.74 Å². The molecule has 0 radical (unpaired) electrons. The van der Waals surface area contributed by atoms with E-state index in [4.69, 9.17) is 16.9 Å². The zero-order valence-corrected chi connectivity index (χ0v) is 7.98. The lowest BCUT2D eigenvalue weighted by Gasteiger charge is -2.07. The first-order chi connectivity index (χ1) is 6.54. The monoisotopic (exact) mass is 217 g/mol. The maximum absolute atomic E-state index is 11.9. The van der Waals surface area contributed by atoms with Crippen LogP contribution in [0.2, 0.25) is 5.02 Å². The molecule has 0 saturated carbocycles. The summed E-state index contributed by atoms with van der Waals surface area (Å²) in [5.41, 5.74) is 0.656. The van der Waals surface area contributed by atoms with E-state index < -0.39 is 6.61 Å². The van der Waals surface area contributed by atoms with Crippen molar-refractivity contribution in [3.05, 3.63) is 28.3 Å². The van der Waals surface area contributed by atoms with Crippen LogP contribution in [0.15, 0.2) is 12.1 Å². The summed E-state index contributed by atoms with van der Waals surface area (Å²) < 4.78 is 27.9. The number of alkyl halides is 2. The lowest BCUT2D eigenvalue weighted by atomic mass is 10.1. The van der Waals surface area contributed by atoms with Crippen molar-refractivity contribution in [2.75, 3.05) is 0 Å². The summed E-state index contributed by atoms with van der Waals surface area (Å²) in [6, 6.07) is 4.33. The molecule has 0 saturated heterocycles. The molecule has 0 aliphatic carbocycles. The molecule has 0 atom stereocenters. The Morgan fingerprint density at radius 3 is 2.64 bits per heavy atom. The topological polar surface area (TPSA) is 33.0 Å². The molecule has 2 nitrogen and oxygen atoms in total. The number of nitrogens with zero attached hydrogens (tertiary/aromatic N) is 1. The van der Waals surface area contributed by atoms with Crippen LogP contribution in [-0.2, 0) is 0 Å². The standard InChI is InChI=1S/C9H6ClF2NO/c1-5-2-7(14-9(11)12)3-6(4-13)8(5)10/h2-3,9H,1H3. The van der Waals surface area contributed by atoms with Crippen LogP contribution in [0.3, 0.4) is 0 Å². The molecule has 0 aliphatic heterocycles. The molecular weight excluding hydrogens is 212 g/mol. The Bertz CT molecular complexity index is 387. The molecule has 5 heteroatoms. The summed E-state index contributed by atoms with van der Waals surface area (Å²) in [4.78, 5) is 0. The minimum absolute atomic E-state index is 0.0570. The van der Waals surface area contributed by atoms with Gasteiger partial charge >= 0.3 is 6.61 Å². The second kappa shape index (κ2) is 4.25. The summed E-state index contributed by atoms with van der Waals surface area (Å²) in [6.07, 6.45) is 0. The van der Waals surface area contributed by atoms with Crippen molar-refractivity contribution in [2.24, 2.45) is 0 Å². The molecule has 0 N–H and O–H groups in total. The Labute approximate surface area is 84.7 Å². The van der Waals surface area contributed by atoms with Crippen LogP contribution < -0.4 is 4.74 Å². The molecule has 0 bridgehead atoms. The van der Waals surface area contributed by atoms with Crippen molar-refractivity contribution in [1.82, 2.24) is 0 Å². The maximum atomic E-state index is 11.9. The number of aryl methyl sites for hydroxylation is 1. The number of hydrogen-bond donors (Lipinski definition) is 0. The predicted molar refractivity (Wildman–Crippen MR) is 47.5 cm³/mol. The molecule has 0 heterocycles. The average Bonchev–Trinajstić information content (AvgIpc) is 2.10. The van der Waals surface area contributed by atoms with Gasteiger partial charge in [-0.2, -0.15) is 14.0 Å². The second-order valence-electron chi connectivity index (χ2n) is 2.59. The van der Waals surface area contributed by atoms with Gasteiger partial charge in [-0.3, -0.25) is 0 Å². The minimum Gasteiger partial charge on any atom is -0.435 e. The van der Waals surface area contributed by atoms with E-state index in [2.05, 4.69) is 4.74 Å². The normalized spacial score (nSPS) is 10.0. The van der Waals surface area contributed by atoms with Gasteiger partial charge in [0.2, 0.25) is 0 Å². The maximum Gasteiger partial charge on any atom is 0.387 e. The average molecular weight is 218 g/mol. The number of rotatable bonds is 2. The quantitative estimate of drug-likeness (QED) is 0.763. The van der Waals surface area contributed by atoms with E-state index in [1.165, 1.54) is 12.1 Å². The largest absolute Gasteiger partial charge is 0.435 e. The highest BCUT2D eigenvalue weighted by Gasteiger charge is 2.09. The molecule has 0 aliphatic rings. The van der Waals surface area contributed by atoms with Crippen LogP contribution in [0, 0.1) is 18.3 Å². The van der Waals surface area contributed by atoms with Crippen molar-refractivity contribution in [3.63, 3.8) is 0 Å². The van der Waals surface area contributed by atoms with E-state index in [0.29, 0.717) is 5.56 Å². The molecule has 0 aromatic heterocycles. The van der Waals surface area contributed by atoms with Crippen molar-refractivity contribution < 1.29 is 13.5 Å². The lowest BCUT2D eigenvalue weighted by Crippen LogP contribution is -2.02. The Hall–Kier alpha value is -1.34. The third-order valence-corrected chi connectivity index (χ3v) is 2.08. The van der Waals surface area contributed by atoms with E-state index in [1.807, 2.05) is 0 Å². The number of halogens is 3. The van der Waals surface area contributed by atoms with Gasteiger partial charge in [-0.25, -0.2) is 0 Å². The van der Waals surface area contributed by atoms with Gasteiger partial charge in [0.15, 0.2) is 0 Å². The van der Waals surface area contributed by atoms with Crippen LogP contribution in [-0.4, -0.2) is 6.61 Å². The molecule has 1 aromatic carbocycles. The molecule has 1 aromatic rings. The molecule has 0 amide bonds. The van der Waals surface area contributed by atoms with E-state index in [0.717, 1.165) is 0 Å². The summed E-state index contributed by atoms with van der Waals surface area (Å²) >= 11 is 5.74. The highest BCUT2D eigenvalue weighted by atomic mass is 35.5. The van der Waals surface area contributed by atoms with Gasteiger partial charge in [0.25, 0.3) is 0 Å². The number of nitriles is 1. The van der Waals surface area contributed by atoms with Crippen LogP contribution >= 0.6 is 11.6 Å². The zero-order chi connectivity index (χ0) is 10.7. The van der Waals surface area contributed by atoms with Gasteiger partial charge in [-0.15, -0.1) is 0 Å². The fourth-order valence-electron chi connectivity index (χ4n) is 0.989. The molecule has 0 spiro atoms. The molecule has 1 rings (SSSR count). The highest BCUT2D eigenvalue weighted by Crippen LogP contribution is 2.26. The predicted octanol–water partition coefficient (Wildman–Crippen LogP) is 3.12. The number of benzene rings is 1. The first-order valence-electron chi connectivity index (χ1n) is 3.69. The molecular formula is C9H6ClF2NO. The number of ether oxygens (including phenoxy) is 1. The summed E-state index contributed by atoms with van der Waals surface area (Å²) in [6.45, 7) is -1.29. The van der Waals surface area contributed by atoms with E-state index >= 15 is 0 Å². The Morgan fingerprint density at radius 1 is 1.50 bits per heavy atom. The molecule has 0 fully saturated rings. The fourth-order valence-corrected chi connectivity index (χ4v) is 1.14. The first kappa shape index (κ1) is 10.7. The van der Waals surface area contributed by atoms with Crippen molar-refractivity contribution in [2.45, 2.75) is 13.5 Å². The van der Waals surface area contributed by atoms with Crippen LogP contribution in [0.1, 0.15) is 11.1 Å². The third kappa shape index (κ3) is 2.33. The van der Waals surface area contributed by atoms with E-state index in [9.17, 15) is 8.78 Å². The Kier molecular flexibility index (Phi) is 3.26. The highest BCUT2D eigenvalue weighted by molar-refractivity contribution is 6.32. The van der Waals surface area contributed by atoms with Crippen LogP contribution in [0.5, 0.6) is 5.75 Å². The number of hydrogen-bond acceptors (Lipinski definition) is 2. The SMILES string of the molecule is Cc1cc(OC(F)F)cc(C#N)c1Cl.